The summed E-state index contributed by atoms with van der Waals surface area (Å²) in [5, 5.41) is 10.1. The number of likely N-dealkylation sites (tertiary alicyclic amines) is 1. The van der Waals surface area contributed by atoms with E-state index in [1.807, 2.05) is 0 Å². The average Bonchev–Trinajstić information content (AvgIpc) is 2.47. The third-order valence-electron chi connectivity index (χ3n) is 3.71. The Morgan fingerprint density at radius 1 is 1.38 bits per heavy atom. The third-order valence-corrected chi connectivity index (χ3v) is 4.87. The number of hydrogen-bond acceptors (Lipinski definition) is 4. The molecular weight excluding hydrogens is 291 g/mol. The van der Waals surface area contributed by atoms with E-state index in [-0.39, 0.29) is 17.6 Å². The van der Waals surface area contributed by atoms with Crippen molar-refractivity contribution in [3.05, 3.63) is 30.1 Å². The van der Waals surface area contributed by atoms with Gasteiger partial charge in [0, 0.05) is 23.1 Å². The quantitative estimate of drug-likeness (QED) is 0.781. The Morgan fingerprint density at radius 2 is 2.00 bits per heavy atom. The summed E-state index contributed by atoms with van der Waals surface area (Å²) < 4.78 is 12.8. The van der Waals surface area contributed by atoms with Crippen molar-refractivity contribution in [1.82, 2.24) is 4.90 Å². The number of benzene rings is 1. The second-order valence-electron chi connectivity index (χ2n) is 5.40. The van der Waals surface area contributed by atoms with Gasteiger partial charge in [-0.1, -0.05) is 0 Å². The maximum atomic E-state index is 12.8. The summed E-state index contributed by atoms with van der Waals surface area (Å²) in [7, 11) is 0. The molecule has 0 aliphatic carbocycles. The van der Waals surface area contributed by atoms with E-state index in [0.29, 0.717) is 12.3 Å². The number of carbonyl (C=O) groups is 1. The number of aliphatic hydroxyl groups excluding tert-OH is 1. The predicted molar refractivity (Wildman–Crippen MR) is 81.5 cm³/mol. The second-order valence-corrected chi connectivity index (χ2v) is 6.49. The minimum atomic E-state index is -0.440. The van der Waals surface area contributed by atoms with Gasteiger partial charge in [-0.25, -0.2) is 4.39 Å². The third kappa shape index (κ3) is 5.30. The molecule has 21 heavy (non-hydrogen) atoms. The molecule has 0 unspecified atom stereocenters. The van der Waals surface area contributed by atoms with Crippen molar-refractivity contribution in [1.29, 1.82) is 0 Å². The van der Waals surface area contributed by atoms with Gasteiger partial charge in [0.2, 0.25) is 5.91 Å². The molecule has 1 amide bonds. The molecule has 1 aromatic carbocycles. The molecule has 1 aliphatic rings. The summed E-state index contributed by atoms with van der Waals surface area (Å²) in [6, 6.07) is 6.27. The predicted octanol–water partition coefficient (Wildman–Crippen LogP) is 1.48. The van der Waals surface area contributed by atoms with Gasteiger partial charge in [0.25, 0.3) is 0 Å². The van der Waals surface area contributed by atoms with Crippen molar-refractivity contribution in [2.24, 2.45) is 11.7 Å². The zero-order chi connectivity index (χ0) is 15.2. The topological polar surface area (TPSA) is 66.6 Å². The van der Waals surface area contributed by atoms with Crippen molar-refractivity contribution >= 4 is 17.7 Å². The van der Waals surface area contributed by atoms with Crippen LogP contribution in [0.3, 0.4) is 0 Å². The average molecular weight is 312 g/mol. The zero-order valence-corrected chi connectivity index (χ0v) is 12.7. The van der Waals surface area contributed by atoms with Crippen LogP contribution in [0.4, 0.5) is 4.39 Å². The number of nitrogens with zero attached hydrogens (tertiary/aromatic N) is 1. The van der Waals surface area contributed by atoms with Crippen molar-refractivity contribution < 1.29 is 14.3 Å². The summed E-state index contributed by atoms with van der Waals surface area (Å²) in [4.78, 5) is 14.2. The molecule has 1 fully saturated rings. The molecule has 1 heterocycles. The molecule has 3 N–H and O–H groups in total. The Morgan fingerprint density at radius 3 is 2.57 bits per heavy atom. The van der Waals surface area contributed by atoms with Gasteiger partial charge in [-0.2, -0.15) is 0 Å². The number of piperidine rings is 1. The van der Waals surface area contributed by atoms with E-state index in [2.05, 4.69) is 4.90 Å². The van der Waals surface area contributed by atoms with Gasteiger partial charge in [-0.3, -0.25) is 4.79 Å². The lowest BCUT2D eigenvalue weighted by molar-refractivity contribution is -0.123. The zero-order valence-electron chi connectivity index (χ0n) is 11.9. The van der Waals surface area contributed by atoms with E-state index in [1.165, 1.54) is 23.9 Å². The normalized spacial score (nSPS) is 18.6. The summed E-state index contributed by atoms with van der Waals surface area (Å²) in [5.74, 6) is 0.0766. The lowest BCUT2D eigenvalue weighted by Crippen LogP contribution is -2.42. The lowest BCUT2D eigenvalue weighted by atomic mass is 9.96. The van der Waals surface area contributed by atoms with Gasteiger partial charge in [0.15, 0.2) is 0 Å². The van der Waals surface area contributed by atoms with Crippen LogP contribution in [0.1, 0.15) is 12.8 Å². The molecule has 0 spiro atoms. The molecule has 0 saturated carbocycles. The van der Waals surface area contributed by atoms with Gasteiger partial charge in [-0.15, -0.1) is 11.8 Å². The highest BCUT2D eigenvalue weighted by Gasteiger charge is 2.24. The highest BCUT2D eigenvalue weighted by molar-refractivity contribution is 7.99. The number of hydrogen-bond donors (Lipinski definition) is 2. The monoisotopic (exact) mass is 312 g/mol. The molecule has 0 aromatic heterocycles. The van der Waals surface area contributed by atoms with Crippen LogP contribution in [0.15, 0.2) is 29.2 Å². The number of rotatable bonds is 6. The van der Waals surface area contributed by atoms with Crippen molar-refractivity contribution in [2.45, 2.75) is 23.8 Å². The van der Waals surface area contributed by atoms with Crippen LogP contribution in [0, 0.1) is 11.7 Å². The fourth-order valence-corrected chi connectivity index (χ4v) is 3.29. The standard InChI is InChI=1S/C15H21FN2O2S/c16-12-1-3-14(4-2-12)21-10-13(19)9-18-7-5-11(6-8-18)15(17)20/h1-4,11,13,19H,5-10H2,(H2,17,20)/t13-/m1/s1. The number of amides is 1. The molecule has 4 nitrogen and oxygen atoms in total. The molecule has 0 bridgehead atoms. The molecule has 1 aliphatic heterocycles. The Balaban J connectivity index is 1.69. The number of thioether (sulfide) groups is 1. The number of carbonyl (C=O) groups excluding carboxylic acids is 1. The van der Waals surface area contributed by atoms with E-state index in [0.717, 1.165) is 30.8 Å². The smallest absolute Gasteiger partial charge is 0.220 e. The van der Waals surface area contributed by atoms with Crippen LogP contribution >= 0.6 is 11.8 Å². The fraction of sp³-hybridized carbons (Fsp3) is 0.533. The highest BCUT2D eigenvalue weighted by Crippen LogP contribution is 2.21. The minimum absolute atomic E-state index is 0.0213. The van der Waals surface area contributed by atoms with Gasteiger partial charge < -0.3 is 15.7 Å². The molecular formula is C15H21FN2O2S. The SMILES string of the molecule is NC(=O)C1CCN(C[C@@H](O)CSc2ccc(F)cc2)CC1. The first-order valence-corrected chi connectivity index (χ1v) is 8.11. The Hall–Kier alpha value is -1.11. The van der Waals surface area contributed by atoms with Crippen LogP contribution in [-0.4, -0.2) is 47.4 Å². The van der Waals surface area contributed by atoms with Crippen LogP contribution in [-0.2, 0) is 4.79 Å². The Labute approximate surface area is 128 Å². The largest absolute Gasteiger partial charge is 0.391 e. The van der Waals surface area contributed by atoms with E-state index >= 15 is 0 Å². The first kappa shape index (κ1) is 16.3. The molecule has 0 radical (unpaired) electrons. The van der Waals surface area contributed by atoms with Crippen LogP contribution in [0.2, 0.25) is 0 Å². The highest BCUT2D eigenvalue weighted by atomic mass is 32.2. The van der Waals surface area contributed by atoms with Gasteiger partial charge in [0.05, 0.1) is 6.10 Å². The van der Waals surface area contributed by atoms with Crippen LogP contribution < -0.4 is 5.73 Å². The number of nitrogens with two attached hydrogens (primary N) is 1. The Bertz CT molecular complexity index is 461. The minimum Gasteiger partial charge on any atom is -0.391 e. The van der Waals surface area contributed by atoms with Crippen LogP contribution in [0.25, 0.3) is 0 Å². The summed E-state index contributed by atoms with van der Waals surface area (Å²) in [6.07, 6.45) is 1.10. The maximum absolute atomic E-state index is 12.8. The van der Waals surface area contributed by atoms with E-state index in [1.54, 1.807) is 12.1 Å². The van der Waals surface area contributed by atoms with Crippen LogP contribution in [0.5, 0.6) is 0 Å². The fourth-order valence-electron chi connectivity index (χ4n) is 2.47. The summed E-state index contributed by atoms with van der Waals surface area (Å²) in [6.45, 7) is 2.19. The number of primary amides is 1. The van der Waals surface area contributed by atoms with E-state index in [4.69, 9.17) is 5.73 Å². The van der Waals surface area contributed by atoms with Gasteiger partial charge in [0.1, 0.15) is 5.82 Å². The van der Waals surface area contributed by atoms with Crippen molar-refractivity contribution in [3.8, 4) is 0 Å². The van der Waals surface area contributed by atoms with E-state index in [9.17, 15) is 14.3 Å². The Kier molecular flexibility index (Phi) is 6.02. The maximum Gasteiger partial charge on any atom is 0.220 e. The first-order valence-electron chi connectivity index (χ1n) is 7.12. The molecule has 1 aromatic rings. The van der Waals surface area contributed by atoms with Gasteiger partial charge >= 0.3 is 0 Å². The molecule has 116 valence electrons. The summed E-state index contributed by atoms with van der Waals surface area (Å²) >= 11 is 1.51. The van der Waals surface area contributed by atoms with Crippen molar-refractivity contribution in [2.75, 3.05) is 25.4 Å². The molecule has 2 rings (SSSR count). The van der Waals surface area contributed by atoms with Crippen molar-refractivity contribution in [3.63, 3.8) is 0 Å². The lowest BCUT2D eigenvalue weighted by Gasteiger charge is -2.31. The van der Waals surface area contributed by atoms with E-state index < -0.39 is 6.10 Å². The second kappa shape index (κ2) is 7.77. The first-order chi connectivity index (χ1) is 10.0. The number of aliphatic hydroxyl groups is 1. The number of halogens is 1. The molecule has 6 heteroatoms. The molecule has 1 saturated heterocycles. The summed E-state index contributed by atoms with van der Waals surface area (Å²) in [5.41, 5.74) is 5.30. The molecule has 1 atom stereocenters. The van der Waals surface area contributed by atoms with Gasteiger partial charge in [-0.05, 0) is 50.2 Å². The number of β-amino-alcohol motifs (C(OH)–C–C–N with tert-alkyl or cyclic N) is 1.